The molecule has 0 spiro atoms. The lowest BCUT2D eigenvalue weighted by Gasteiger charge is -2.22. The number of fused-ring (bicyclic) bond motifs is 2. The van der Waals surface area contributed by atoms with Gasteiger partial charge in [-0.1, -0.05) is 18.2 Å². The van der Waals surface area contributed by atoms with Crippen LogP contribution in [-0.4, -0.2) is 44.4 Å². The lowest BCUT2D eigenvalue weighted by molar-refractivity contribution is 0.0992. The summed E-state index contributed by atoms with van der Waals surface area (Å²) in [6.45, 7) is 3.69. The van der Waals surface area contributed by atoms with Crippen LogP contribution < -0.4 is 15.4 Å². The first-order valence-electron chi connectivity index (χ1n) is 8.62. The molecule has 0 aliphatic carbocycles. The van der Waals surface area contributed by atoms with Gasteiger partial charge in [-0.3, -0.25) is 4.99 Å². The van der Waals surface area contributed by atoms with E-state index in [0.717, 1.165) is 37.6 Å². The van der Waals surface area contributed by atoms with E-state index in [4.69, 9.17) is 14.5 Å². The monoisotopic (exact) mass is 445 g/mol. The summed E-state index contributed by atoms with van der Waals surface area (Å²) >= 11 is 0. The minimum atomic E-state index is 0. The van der Waals surface area contributed by atoms with Gasteiger partial charge >= 0.3 is 0 Å². The zero-order valence-corrected chi connectivity index (χ0v) is 16.8. The molecule has 24 heavy (non-hydrogen) atoms. The molecule has 2 N–H and O–H groups in total. The van der Waals surface area contributed by atoms with Crippen LogP contribution >= 0.6 is 24.0 Å². The summed E-state index contributed by atoms with van der Waals surface area (Å²) in [5, 5.41) is 6.88. The Hall–Kier alpha value is -1.02. The Labute approximate surface area is 161 Å². The van der Waals surface area contributed by atoms with Gasteiger partial charge < -0.3 is 20.1 Å². The summed E-state index contributed by atoms with van der Waals surface area (Å²) in [6, 6.07) is 8.52. The minimum Gasteiger partial charge on any atom is -0.496 e. The smallest absolute Gasteiger partial charge is 0.191 e. The molecule has 2 aliphatic rings. The second-order valence-electron chi connectivity index (χ2n) is 6.18. The molecular weight excluding hydrogens is 417 g/mol. The number of methoxy groups -OCH3 is 1. The molecule has 3 unspecified atom stereocenters. The van der Waals surface area contributed by atoms with Crippen LogP contribution in [0.15, 0.2) is 29.3 Å². The molecular formula is C18H28IN3O2. The van der Waals surface area contributed by atoms with Crippen molar-refractivity contribution in [3.05, 3.63) is 29.8 Å². The number of para-hydroxylation sites is 1. The van der Waals surface area contributed by atoms with Crippen LogP contribution in [0.25, 0.3) is 0 Å². The summed E-state index contributed by atoms with van der Waals surface area (Å²) < 4.78 is 11.3. The van der Waals surface area contributed by atoms with Crippen molar-refractivity contribution >= 4 is 29.9 Å². The molecule has 2 aliphatic heterocycles. The van der Waals surface area contributed by atoms with Crippen LogP contribution in [0.4, 0.5) is 0 Å². The number of nitrogens with zero attached hydrogens (tertiary/aromatic N) is 1. The number of benzene rings is 1. The molecule has 3 atom stereocenters. The summed E-state index contributed by atoms with van der Waals surface area (Å²) in [7, 11) is 1.71. The Balaban J connectivity index is 0.00000208. The van der Waals surface area contributed by atoms with Gasteiger partial charge in [0, 0.05) is 13.1 Å². The number of aliphatic imine (C=N–C) groups is 1. The largest absolute Gasteiger partial charge is 0.496 e. The van der Waals surface area contributed by atoms with Gasteiger partial charge in [-0.25, -0.2) is 0 Å². The number of rotatable bonds is 6. The molecule has 6 heteroatoms. The van der Waals surface area contributed by atoms with Crippen molar-refractivity contribution in [3.8, 4) is 5.75 Å². The highest BCUT2D eigenvalue weighted by Gasteiger charge is 2.41. The van der Waals surface area contributed by atoms with Crippen molar-refractivity contribution in [1.82, 2.24) is 10.6 Å². The van der Waals surface area contributed by atoms with Crippen molar-refractivity contribution < 1.29 is 9.47 Å². The molecule has 134 valence electrons. The molecule has 0 saturated carbocycles. The second-order valence-corrected chi connectivity index (χ2v) is 6.18. The van der Waals surface area contributed by atoms with Gasteiger partial charge in [0.05, 0.1) is 25.4 Å². The zero-order chi connectivity index (χ0) is 16.1. The third kappa shape index (κ3) is 4.75. The van der Waals surface area contributed by atoms with Crippen molar-refractivity contribution in [2.75, 3.05) is 20.2 Å². The third-order valence-electron chi connectivity index (χ3n) is 4.62. The quantitative estimate of drug-likeness (QED) is 0.402. The van der Waals surface area contributed by atoms with Crippen molar-refractivity contribution in [2.45, 2.75) is 50.9 Å². The van der Waals surface area contributed by atoms with E-state index in [1.165, 1.54) is 18.4 Å². The van der Waals surface area contributed by atoms with Gasteiger partial charge in [-0.05, 0) is 44.2 Å². The van der Waals surface area contributed by atoms with Gasteiger partial charge in [-0.2, -0.15) is 0 Å². The highest BCUT2D eigenvalue weighted by Crippen LogP contribution is 2.34. The molecule has 2 saturated heterocycles. The Morgan fingerprint density at radius 3 is 2.83 bits per heavy atom. The fourth-order valence-corrected chi connectivity index (χ4v) is 3.48. The molecule has 2 heterocycles. The molecule has 0 amide bonds. The van der Waals surface area contributed by atoms with E-state index < -0.39 is 0 Å². The zero-order valence-electron chi connectivity index (χ0n) is 14.5. The van der Waals surface area contributed by atoms with Crippen LogP contribution in [0.2, 0.25) is 0 Å². The molecule has 2 bridgehead atoms. The lowest BCUT2D eigenvalue weighted by atomic mass is 9.96. The van der Waals surface area contributed by atoms with Crippen molar-refractivity contribution in [2.24, 2.45) is 4.99 Å². The first-order chi connectivity index (χ1) is 11.3. The lowest BCUT2D eigenvalue weighted by Crippen LogP contribution is -2.47. The van der Waals surface area contributed by atoms with E-state index in [-0.39, 0.29) is 24.0 Å². The molecule has 5 nitrogen and oxygen atoms in total. The molecule has 1 aromatic carbocycles. The van der Waals surface area contributed by atoms with E-state index in [1.807, 2.05) is 18.2 Å². The number of hydrogen-bond acceptors (Lipinski definition) is 3. The molecule has 2 fully saturated rings. The van der Waals surface area contributed by atoms with Crippen LogP contribution in [0.5, 0.6) is 5.75 Å². The molecule has 3 rings (SSSR count). The Morgan fingerprint density at radius 1 is 1.33 bits per heavy atom. The van der Waals surface area contributed by atoms with Crippen LogP contribution in [-0.2, 0) is 11.2 Å². The maximum Gasteiger partial charge on any atom is 0.191 e. The Morgan fingerprint density at radius 2 is 2.17 bits per heavy atom. The fourth-order valence-electron chi connectivity index (χ4n) is 3.48. The highest BCUT2D eigenvalue weighted by atomic mass is 127. The SMILES string of the molecule is CCNC(=NCCc1ccccc1OC)NC1CC2CCC1O2.I. The van der Waals surface area contributed by atoms with E-state index in [2.05, 4.69) is 23.6 Å². The van der Waals surface area contributed by atoms with E-state index in [1.54, 1.807) is 7.11 Å². The normalized spacial score (nSPS) is 25.2. The Bertz CT molecular complexity index is 553. The van der Waals surface area contributed by atoms with Crippen molar-refractivity contribution in [1.29, 1.82) is 0 Å². The van der Waals surface area contributed by atoms with Gasteiger partial charge in [0.25, 0.3) is 0 Å². The van der Waals surface area contributed by atoms with Gasteiger partial charge in [0.1, 0.15) is 5.75 Å². The molecule has 0 radical (unpaired) electrons. The predicted molar refractivity (Wildman–Crippen MR) is 108 cm³/mol. The van der Waals surface area contributed by atoms with E-state index in [0.29, 0.717) is 18.2 Å². The minimum absolute atomic E-state index is 0. The molecule has 0 aromatic heterocycles. The maximum atomic E-state index is 5.91. The first-order valence-corrected chi connectivity index (χ1v) is 8.62. The van der Waals surface area contributed by atoms with Crippen molar-refractivity contribution in [3.63, 3.8) is 0 Å². The topological polar surface area (TPSA) is 54.9 Å². The van der Waals surface area contributed by atoms with Gasteiger partial charge in [0.15, 0.2) is 5.96 Å². The number of guanidine groups is 1. The van der Waals surface area contributed by atoms with Crippen LogP contribution in [0.1, 0.15) is 31.7 Å². The first kappa shape index (κ1) is 19.3. The Kier molecular flexibility index (Phi) is 7.61. The van der Waals surface area contributed by atoms with Gasteiger partial charge in [0.2, 0.25) is 0 Å². The van der Waals surface area contributed by atoms with Crippen LogP contribution in [0, 0.1) is 0 Å². The second kappa shape index (κ2) is 9.46. The summed E-state index contributed by atoms with van der Waals surface area (Å²) in [5.74, 6) is 1.82. The fraction of sp³-hybridized carbons (Fsp3) is 0.611. The summed E-state index contributed by atoms with van der Waals surface area (Å²) in [4.78, 5) is 4.71. The van der Waals surface area contributed by atoms with Gasteiger partial charge in [-0.15, -0.1) is 24.0 Å². The standard InChI is InChI=1S/C18H27N3O2.HI/c1-3-19-18(21-15-12-14-8-9-17(15)23-14)20-11-10-13-6-4-5-7-16(13)22-2;/h4-7,14-15,17H,3,8-12H2,1-2H3,(H2,19,20,21);1H. The van der Waals surface area contributed by atoms with E-state index >= 15 is 0 Å². The summed E-state index contributed by atoms with van der Waals surface area (Å²) in [5.41, 5.74) is 1.19. The van der Waals surface area contributed by atoms with Crippen LogP contribution in [0.3, 0.4) is 0 Å². The maximum absolute atomic E-state index is 5.91. The number of ether oxygens (including phenoxy) is 2. The average Bonchev–Trinajstić information content (AvgIpc) is 3.18. The summed E-state index contributed by atoms with van der Waals surface area (Å²) in [6.07, 6.45) is 5.16. The molecule has 1 aromatic rings. The highest BCUT2D eigenvalue weighted by molar-refractivity contribution is 14.0. The van der Waals surface area contributed by atoms with E-state index in [9.17, 15) is 0 Å². The third-order valence-corrected chi connectivity index (χ3v) is 4.62. The average molecular weight is 445 g/mol. The number of hydrogen-bond donors (Lipinski definition) is 2. The predicted octanol–water partition coefficient (Wildman–Crippen LogP) is 2.73. The number of nitrogens with one attached hydrogen (secondary N) is 2. The number of halogens is 1.